The number of hydrogen-bond acceptors (Lipinski definition) is 4. The highest BCUT2D eigenvalue weighted by molar-refractivity contribution is 5.84. The standard InChI is InChI=1S/C21H24N6/c1-14-8-10-27(26-14)11-9-22-21-13-17(24-16(3)25-21)12-19-15(2)23-20-7-5-4-6-18(19)20/h4-8,10,13,23H,9,11-12H2,1-3H3,(H,22,24,25). The minimum absolute atomic E-state index is 0.767. The molecule has 27 heavy (non-hydrogen) atoms. The van der Waals surface area contributed by atoms with E-state index in [-0.39, 0.29) is 0 Å². The summed E-state index contributed by atoms with van der Waals surface area (Å²) in [4.78, 5) is 12.6. The van der Waals surface area contributed by atoms with Crippen LogP contribution in [0.5, 0.6) is 0 Å². The van der Waals surface area contributed by atoms with E-state index in [9.17, 15) is 0 Å². The zero-order valence-electron chi connectivity index (χ0n) is 16.0. The summed E-state index contributed by atoms with van der Waals surface area (Å²) in [5.41, 5.74) is 5.71. The van der Waals surface area contributed by atoms with Crippen LogP contribution >= 0.6 is 0 Å². The molecular formula is C21H24N6. The van der Waals surface area contributed by atoms with Crippen LogP contribution in [-0.2, 0) is 13.0 Å². The molecule has 2 N–H and O–H groups in total. The number of aromatic nitrogens is 5. The van der Waals surface area contributed by atoms with Crippen molar-refractivity contribution >= 4 is 16.7 Å². The molecule has 4 rings (SSSR count). The van der Waals surface area contributed by atoms with Gasteiger partial charge in [-0.3, -0.25) is 4.68 Å². The number of para-hydroxylation sites is 1. The van der Waals surface area contributed by atoms with Crippen LogP contribution in [0.4, 0.5) is 5.82 Å². The van der Waals surface area contributed by atoms with Crippen LogP contribution in [-0.4, -0.2) is 31.3 Å². The molecule has 138 valence electrons. The summed E-state index contributed by atoms with van der Waals surface area (Å²) in [5.74, 6) is 1.64. The second kappa shape index (κ2) is 7.23. The van der Waals surface area contributed by atoms with Crippen molar-refractivity contribution in [1.82, 2.24) is 24.7 Å². The number of H-pyrrole nitrogens is 1. The van der Waals surface area contributed by atoms with Crippen molar-refractivity contribution in [3.63, 3.8) is 0 Å². The van der Waals surface area contributed by atoms with Crippen LogP contribution in [0.25, 0.3) is 10.9 Å². The molecule has 0 spiro atoms. The Kier molecular flexibility index (Phi) is 4.62. The van der Waals surface area contributed by atoms with Gasteiger partial charge < -0.3 is 10.3 Å². The minimum Gasteiger partial charge on any atom is -0.368 e. The second-order valence-electron chi connectivity index (χ2n) is 6.89. The van der Waals surface area contributed by atoms with E-state index in [0.717, 1.165) is 42.5 Å². The van der Waals surface area contributed by atoms with Gasteiger partial charge in [0.15, 0.2) is 0 Å². The van der Waals surface area contributed by atoms with E-state index in [1.807, 2.05) is 36.9 Å². The van der Waals surface area contributed by atoms with E-state index in [0.29, 0.717) is 0 Å². The van der Waals surface area contributed by atoms with Crippen molar-refractivity contribution in [2.45, 2.75) is 33.7 Å². The SMILES string of the molecule is Cc1ccn(CCNc2cc(Cc3c(C)[nH]c4ccccc34)nc(C)n2)n1. The number of aryl methyl sites for hydroxylation is 3. The normalized spacial score (nSPS) is 11.2. The summed E-state index contributed by atoms with van der Waals surface area (Å²) in [6.07, 6.45) is 2.78. The Labute approximate surface area is 158 Å². The molecule has 0 saturated heterocycles. The van der Waals surface area contributed by atoms with Gasteiger partial charge in [-0.15, -0.1) is 0 Å². The summed E-state index contributed by atoms with van der Waals surface area (Å²) in [7, 11) is 0. The maximum Gasteiger partial charge on any atom is 0.129 e. The lowest BCUT2D eigenvalue weighted by Gasteiger charge is -2.09. The Hall–Kier alpha value is -3.15. The molecule has 0 fully saturated rings. The van der Waals surface area contributed by atoms with Gasteiger partial charge in [0.25, 0.3) is 0 Å². The first-order chi connectivity index (χ1) is 13.1. The summed E-state index contributed by atoms with van der Waals surface area (Å²) in [6.45, 7) is 7.62. The number of hydrogen-bond donors (Lipinski definition) is 2. The molecule has 0 aliphatic carbocycles. The van der Waals surface area contributed by atoms with E-state index in [2.05, 4.69) is 56.6 Å². The van der Waals surface area contributed by atoms with Crippen LogP contribution in [0.2, 0.25) is 0 Å². The van der Waals surface area contributed by atoms with Gasteiger partial charge in [-0.1, -0.05) is 18.2 Å². The maximum absolute atomic E-state index is 4.64. The van der Waals surface area contributed by atoms with E-state index in [1.165, 1.54) is 22.2 Å². The fourth-order valence-electron chi connectivity index (χ4n) is 3.44. The van der Waals surface area contributed by atoms with Gasteiger partial charge in [-0.25, -0.2) is 9.97 Å². The van der Waals surface area contributed by atoms with E-state index in [4.69, 9.17) is 0 Å². The lowest BCUT2D eigenvalue weighted by Crippen LogP contribution is -2.13. The monoisotopic (exact) mass is 360 g/mol. The van der Waals surface area contributed by atoms with Crippen LogP contribution in [0, 0.1) is 20.8 Å². The molecule has 0 radical (unpaired) electrons. The van der Waals surface area contributed by atoms with Gasteiger partial charge in [-0.05, 0) is 38.5 Å². The molecule has 6 nitrogen and oxygen atoms in total. The molecule has 4 aromatic rings. The molecule has 3 heterocycles. The number of anilines is 1. The predicted octanol–water partition coefficient (Wildman–Crippen LogP) is 3.78. The van der Waals surface area contributed by atoms with Gasteiger partial charge in [0, 0.05) is 41.8 Å². The van der Waals surface area contributed by atoms with Crippen molar-refractivity contribution in [3.05, 3.63) is 71.1 Å². The Balaban J connectivity index is 1.50. The van der Waals surface area contributed by atoms with Crippen LogP contribution in [0.3, 0.4) is 0 Å². The van der Waals surface area contributed by atoms with Crippen molar-refractivity contribution in [2.24, 2.45) is 0 Å². The van der Waals surface area contributed by atoms with Gasteiger partial charge in [0.2, 0.25) is 0 Å². The molecule has 0 unspecified atom stereocenters. The number of rotatable bonds is 6. The van der Waals surface area contributed by atoms with E-state index >= 15 is 0 Å². The Morgan fingerprint density at radius 1 is 1.07 bits per heavy atom. The average Bonchev–Trinajstić information content (AvgIpc) is 3.18. The van der Waals surface area contributed by atoms with Crippen molar-refractivity contribution in [2.75, 3.05) is 11.9 Å². The second-order valence-corrected chi connectivity index (χ2v) is 6.89. The highest BCUT2D eigenvalue weighted by Gasteiger charge is 2.11. The number of nitrogens with zero attached hydrogens (tertiary/aromatic N) is 4. The minimum atomic E-state index is 0.767. The van der Waals surface area contributed by atoms with Gasteiger partial charge in [-0.2, -0.15) is 5.10 Å². The van der Waals surface area contributed by atoms with Crippen molar-refractivity contribution < 1.29 is 0 Å². The highest BCUT2D eigenvalue weighted by atomic mass is 15.3. The van der Waals surface area contributed by atoms with Crippen molar-refractivity contribution in [3.8, 4) is 0 Å². The first-order valence-electron chi connectivity index (χ1n) is 9.23. The van der Waals surface area contributed by atoms with Gasteiger partial charge >= 0.3 is 0 Å². The highest BCUT2D eigenvalue weighted by Crippen LogP contribution is 2.24. The smallest absolute Gasteiger partial charge is 0.129 e. The molecule has 6 heteroatoms. The molecule has 0 atom stereocenters. The number of aromatic amines is 1. The molecule has 3 aromatic heterocycles. The number of nitrogens with one attached hydrogen (secondary N) is 2. The molecular weight excluding hydrogens is 336 g/mol. The molecule has 0 aliphatic heterocycles. The quantitative estimate of drug-likeness (QED) is 0.549. The molecule has 0 amide bonds. The summed E-state index contributed by atoms with van der Waals surface area (Å²) < 4.78 is 1.94. The zero-order valence-corrected chi connectivity index (χ0v) is 16.0. The topological polar surface area (TPSA) is 71.4 Å². The summed E-state index contributed by atoms with van der Waals surface area (Å²) in [6, 6.07) is 12.5. The van der Waals surface area contributed by atoms with Gasteiger partial charge in [0.1, 0.15) is 11.6 Å². The van der Waals surface area contributed by atoms with Crippen LogP contribution in [0.15, 0.2) is 42.6 Å². The Bertz CT molecular complexity index is 1080. The third-order valence-corrected chi connectivity index (χ3v) is 4.70. The fourth-order valence-corrected chi connectivity index (χ4v) is 3.44. The first kappa shape index (κ1) is 17.3. The van der Waals surface area contributed by atoms with Crippen molar-refractivity contribution in [1.29, 1.82) is 0 Å². The largest absolute Gasteiger partial charge is 0.368 e. The van der Waals surface area contributed by atoms with Crippen LogP contribution < -0.4 is 5.32 Å². The van der Waals surface area contributed by atoms with Gasteiger partial charge in [0.05, 0.1) is 17.9 Å². The third kappa shape index (κ3) is 3.84. The third-order valence-electron chi connectivity index (χ3n) is 4.70. The molecule has 1 aromatic carbocycles. The number of benzene rings is 1. The lowest BCUT2D eigenvalue weighted by molar-refractivity contribution is 0.631. The molecule has 0 saturated carbocycles. The first-order valence-corrected chi connectivity index (χ1v) is 9.23. The zero-order chi connectivity index (χ0) is 18.8. The van der Waals surface area contributed by atoms with Crippen LogP contribution in [0.1, 0.15) is 28.5 Å². The van der Waals surface area contributed by atoms with E-state index < -0.39 is 0 Å². The Morgan fingerprint density at radius 3 is 2.74 bits per heavy atom. The summed E-state index contributed by atoms with van der Waals surface area (Å²) >= 11 is 0. The summed E-state index contributed by atoms with van der Waals surface area (Å²) in [5, 5.41) is 9.06. The lowest BCUT2D eigenvalue weighted by atomic mass is 10.1. The molecule has 0 bridgehead atoms. The maximum atomic E-state index is 4.64. The Morgan fingerprint density at radius 2 is 1.93 bits per heavy atom. The number of fused-ring (bicyclic) bond motifs is 1. The fraction of sp³-hybridized carbons (Fsp3) is 0.286. The molecule has 0 aliphatic rings. The average molecular weight is 360 g/mol. The van der Waals surface area contributed by atoms with E-state index in [1.54, 1.807) is 0 Å². The predicted molar refractivity (Wildman–Crippen MR) is 108 cm³/mol.